The minimum absolute atomic E-state index is 0.163. The molecule has 0 aliphatic heterocycles. The number of ether oxygens (including phenoxy) is 1. The minimum atomic E-state index is -4.36. The SMILES string of the molecule is COc1ccc(CCC(=O)NC(C)c2ccc(C(F)(F)F)cc2)cc1Br. The molecule has 0 spiro atoms. The molecule has 1 unspecified atom stereocenters. The second kappa shape index (κ2) is 8.58. The van der Waals surface area contributed by atoms with Crippen molar-refractivity contribution < 1.29 is 22.7 Å². The van der Waals surface area contributed by atoms with Crippen molar-refractivity contribution in [3.05, 3.63) is 63.6 Å². The van der Waals surface area contributed by atoms with Crippen LogP contribution in [0.2, 0.25) is 0 Å². The van der Waals surface area contributed by atoms with Crippen LogP contribution in [0.5, 0.6) is 5.75 Å². The highest BCUT2D eigenvalue weighted by molar-refractivity contribution is 9.10. The number of hydrogen-bond donors (Lipinski definition) is 1. The molecule has 1 atom stereocenters. The zero-order valence-corrected chi connectivity index (χ0v) is 15.9. The Hall–Kier alpha value is -2.02. The van der Waals surface area contributed by atoms with Gasteiger partial charge in [-0.05, 0) is 64.7 Å². The van der Waals surface area contributed by atoms with Crippen molar-refractivity contribution in [2.45, 2.75) is 32.0 Å². The Morgan fingerprint density at radius 2 is 1.85 bits per heavy atom. The number of alkyl halides is 3. The third-order valence-corrected chi connectivity index (χ3v) is 4.59. The van der Waals surface area contributed by atoms with Gasteiger partial charge >= 0.3 is 6.18 Å². The summed E-state index contributed by atoms with van der Waals surface area (Å²) in [5.74, 6) is 0.554. The second-order valence-electron chi connectivity index (χ2n) is 5.88. The van der Waals surface area contributed by atoms with E-state index in [9.17, 15) is 18.0 Å². The Bertz CT molecular complexity index is 760. The second-order valence-corrected chi connectivity index (χ2v) is 6.73. The van der Waals surface area contributed by atoms with E-state index in [1.165, 1.54) is 12.1 Å². The molecular weight excluding hydrogens is 411 g/mol. The Balaban J connectivity index is 1.90. The number of nitrogens with one attached hydrogen (secondary N) is 1. The molecule has 0 saturated heterocycles. The number of rotatable bonds is 6. The first-order valence-electron chi connectivity index (χ1n) is 7.99. The van der Waals surface area contributed by atoms with Crippen LogP contribution in [0.15, 0.2) is 46.9 Å². The highest BCUT2D eigenvalue weighted by Gasteiger charge is 2.30. The van der Waals surface area contributed by atoms with Crippen molar-refractivity contribution in [3.8, 4) is 5.75 Å². The summed E-state index contributed by atoms with van der Waals surface area (Å²) in [6, 6.07) is 10.0. The summed E-state index contributed by atoms with van der Waals surface area (Å²) in [7, 11) is 1.58. The highest BCUT2D eigenvalue weighted by Crippen LogP contribution is 2.30. The molecule has 0 aliphatic rings. The van der Waals surface area contributed by atoms with E-state index in [0.29, 0.717) is 17.7 Å². The van der Waals surface area contributed by atoms with Crippen LogP contribution in [0.3, 0.4) is 0 Å². The normalized spacial score (nSPS) is 12.5. The lowest BCUT2D eigenvalue weighted by molar-refractivity contribution is -0.137. The molecule has 1 amide bonds. The molecule has 0 fully saturated rings. The average molecular weight is 430 g/mol. The number of amides is 1. The van der Waals surface area contributed by atoms with Crippen LogP contribution in [0.4, 0.5) is 13.2 Å². The van der Waals surface area contributed by atoms with E-state index >= 15 is 0 Å². The minimum Gasteiger partial charge on any atom is -0.496 e. The zero-order chi connectivity index (χ0) is 19.3. The van der Waals surface area contributed by atoms with Crippen molar-refractivity contribution in [2.24, 2.45) is 0 Å². The van der Waals surface area contributed by atoms with Gasteiger partial charge in [0, 0.05) is 6.42 Å². The molecular formula is C19H19BrF3NO2. The standard InChI is InChI=1S/C19H19BrF3NO2/c1-12(14-5-7-15(8-6-14)19(21,22)23)24-18(25)10-4-13-3-9-17(26-2)16(20)11-13/h3,5-9,11-12H,4,10H2,1-2H3,(H,24,25). The largest absolute Gasteiger partial charge is 0.496 e. The lowest BCUT2D eigenvalue weighted by atomic mass is 10.0. The number of halogens is 4. The molecule has 0 radical (unpaired) electrons. The van der Waals surface area contributed by atoms with Crippen LogP contribution in [0.25, 0.3) is 0 Å². The van der Waals surface area contributed by atoms with Gasteiger partial charge in [-0.1, -0.05) is 18.2 Å². The first-order chi connectivity index (χ1) is 12.2. The van der Waals surface area contributed by atoms with Gasteiger partial charge in [-0.2, -0.15) is 13.2 Å². The van der Waals surface area contributed by atoms with Gasteiger partial charge in [0.2, 0.25) is 5.91 Å². The van der Waals surface area contributed by atoms with Crippen molar-refractivity contribution >= 4 is 21.8 Å². The fourth-order valence-corrected chi connectivity index (χ4v) is 3.07. The molecule has 1 N–H and O–H groups in total. The van der Waals surface area contributed by atoms with Crippen LogP contribution in [-0.2, 0) is 17.4 Å². The van der Waals surface area contributed by atoms with Gasteiger partial charge in [-0.3, -0.25) is 4.79 Å². The van der Waals surface area contributed by atoms with E-state index in [-0.39, 0.29) is 18.4 Å². The monoisotopic (exact) mass is 429 g/mol. The Kier molecular flexibility index (Phi) is 6.69. The van der Waals surface area contributed by atoms with Gasteiger partial charge in [0.1, 0.15) is 5.75 Å². The van der Waals surface area contributed by atoms with E-state index in [0.717, 1.165) is 22.2 Å². The molecule has 0 saturated carbocycles. The number of carbonyl (C=O) groups excluding carboxylic acids is 1. The summed E-state index contributed by atoms with van der Waals surface area (Å²) in [6.07, 6.45) is -3.53. The first-order valence-corrected chi connectivity index (χ1v) is 8.79. The number of carbonyl (C=O) groups is 1. The number of hydrogen-bond acceptors (Lipinski definition) is 2. The summed E-state index contributed by atoms with van der Waals surface area (Å²) in [5, 5.41) is 2.81. The number of aryl methyl sites for hydroxylation is 1. The quantitative estimate of drug-likeness (QED) is 0.677. The molecule has 0 heterocycles. The molecule has 26 heavy (non-hydrogen) atoms. The summed E-state index contributed by atoms with van der Waals surface area (Å²) in [5.41, 5.74) is 0.901. The van der Waals surface area contributed by atoms with Crippen LogP contribution in [0.1, 0.15) is 36.1 Å². The topological polar surface area (TPSA) is 38.3 Å². The maximum atomic E-state index is 12.6. The third kappa shape index (κ3) is 5.49. The van der Waals surface area contributed by atoms with Crippen molar-refractivity contribution in [3.63, 3.8) is 0 Å². The molecule has 140 valence electrons. The van der Waals surface area contributed by atoms with E-state index in [1.807, 2.05) is 18.2 Å². The number of benzene rings is 2. The van der Waals surface area contributed by atoms with Gasteiger partial charge in [-0.15, -0.1) is 0 Å². The maximum Gasteiger partial charge on any atom is 0.416 e. The number of methoxy groups -OCH3 is 1. The van der Waals surface area contributed by atoms with Crippen LogP contribution in [-0.4, -0.2) is 13.0 Å². The fraction of sp³-hybridized carbons (Fsp3) is 0.316. The van der Waals surface area contributed by atoms with Gasteiger partial charge in [0.15, 0.2) is 0 Å². The molecule has 0 aromatic heterocycles. The summed E-state index contributed by atoms with van der Waals surface area (Å²) < 4.78 is 43.7. The van der Waals surface area contributed by atoms with Crippen molar-refractivity contribution in [1.82, 2.24) is 5.32 Å². The predicted octanol–water partition coefficient (Wildman–Crippen LogP) is 5.29. The van der Waals surface area contributed by atoms with Crippen LogP contribution < -0.4 is 10.1 Å². The summed E-state index contributed by atoms with van der Waals surface area (Å²) in [4.78, 5) is 12.1. The van der Waals surface area contributed by atoms with E-state index < -0.39 is 11.7 Å². The van der Waals surface area contributed by atoms with Gasteiger partial charge < -0.3 is 10.1 Å². The van der Waals surface area contributed by atoms with Gasteiger partial charge in [-0.25, -0.2) is 0 Å². The Labute approximate surface area is 158 Å². The summed E-state index contributed by atoms with van der Waals surface area (Å²) in [6.45, 7) is 1.74. The van der Waals surface area contributed by atoms with Crippen molar-refractivity contribution in [1.29, 1.82) is 0 Å². The first kappa shape index (κ1) is 20.3. The molecule has 0 aliphatic carbocycles. The smallest absolute Gasteiger partial charge is 0.416 e. The predicted molar refractivity (Wildman–Crippen MR) is 97.0 cm³/mol. The molecule has 3 nitrogen and oxygen atoms in total. The van der Waals surface area contributed by atoms with Crippen LogP contribution >= 0.6 is 15.9 Å². The van der Waals surface area contributed by atoms with Gasteiger partial charge in [0.05, 0.1) is 23.2 Å². The van der Waals surface area contributed by atoms with Crippen LogP contribution in [0, 0.1) is 0 Å². The Morgan fingerprint density at radius 3 is 2.38 bits per heavy atom. The Morgan fingerprint density at radius 1 is 1.19 bits per heavy atom. The third-order valence-electron chi connectivity index (χ3n) is 3.97. The van der Waals surface area contributed by atoms with Crippen molar-refractivity contribution in [2.75, 3.05) is 7.11 Å². The molecule has 2 aromatic rings. The molecule has 0 bridgehead atoms. The van der Waals surface area contributed by atoms with E-state index in [1.54, 1.807) is 14.0 Å². The molecule has 2 rings (SSSR count). The maximum absolute atomic E-state index is 12.6. The zero-order valence-electron chi connectivity index (χ0n) is 14.4. The van der Waals surface area contributed by atoms with Gasteiger partial charge in [0.25, 0.3) is 0 Å². The molecule has 7 heteroatoms. The highest BCUT2D eigenvalue weighted by atomic mass is 79.9. The lowest BCUT2D eigenvalue weighted by Gasteiger charge is -2.15. The lowest BCUT2D eigenvalue weighted by Crippen LogP contribution is -2.26. The van der Waals surface area contributed by atoms with E-state index in [4.69, 9.17) is 4.74 Å². The van der Waals surface area contributed by atoms with E-state index in [2.05, 4.69) is 21.2 Å². The average Bonchev–Trinajstić information content (AvgIpc) is 2.59. The summed E-state index contributed by atoms with van der Waals surface area (Å²) >= 11 is 3.40. The molecule has 2 aromatic carbocycles. The fourth-order valence-electron chi connectivity index (χ4n) is 2.48.